The number of fused-ring (bicyclic) bond motifs is 1. The van der Waals surface area contributed by atoms with Gasteiger partial charge in [0.25, 0.3) is 0 Å². The predicted octanol–water partition coefficient (Wildman–Crippen LogP) is 4.35. The molecule has 186 valence electrons. The van der Waals surface area contributed by atoms with Crippen molar-refractivity contribution >= 4 is 11.7 Å². The Morgan fingerprint density at radius 1 is 1.09 bits per heavy atom. The number of ether oxygens (including phenoxy) is 2. The second-order valence-corrected chi connectivity index (χ2v) is 11.3. The summed E-state index contributed by atoms with van der Waals surface area (Å²) in [6.07, 6.45) is -0.100. The third-order valence-corrected chi connectivity index (χ3v) is 9.46. The number of anilines is 1. The average molecular weight is 479 g/mol. The first-order chi connectivity index (χ1) is 16.1. The number of nitrogens with zero attached hydrogens (tertiary/aromatic N) is 2. The molecule has 1 aromatic rings. The molecule has 2 saturated carbocycles. The average Bonchev–Trinajstić information content (AvgIpc) is 3.43. The topological polar surface area (TPSA) is 45.3 Å². The molecule has 5 nitrogen and oxygen atoms in total. The molecule has 5 aliphatic rings. The molecule has 3 saturated heterocycles. The summed E-state index contributed by atoms with van der Waals surface area (Å²) in [5, 5.41) is 0. The molecule has 5 fully saturated rings. The highest BCUT2D eigenvalue weighted by Crippen LogP contribution is 2.66. The number of alkyl halides is 3. The van der Waals surface area contributed by atoms with Gasteiger partial charge in [-0.3, -0.25) is 9.69 Å². The highest BCUT2D eigenvalue weighted by atomic mass is 19.4. The Hall–Kier alpha value is -1.80. The lowest BCUT2D eigenvalue weighted by Gasteiger charge is -2.50. The van der Waals surface area contributed by atoms with Gasteiger partial charge in [-0.25, -0.2) is 0 Å². The van der Waals surface area contributed by atoms with Gasteiger partial charge >= 0.3 is 12.1 Å². The number of piperazine rings is 1. The fraction of sp³-hybridized carbons (Fsp3) is 0.731. The van der Waals surface area contributed by atoms with Gasteiger partial charge in [0.05, 0.1) is 17.1 Å². The zero-order valence-corrected chi connectivity index (χ0v) is 19.8. The molecule has 1 aromatic carbocycles. The first-order valence-corrected chi connectivity index (χ1v) is 12.7. The van der Waals surface area contributed by atoms with E-state index in [-0.39, 0.29) is 29.5 Å². The van der Waals surface area contributed by atoms with Crippen molar-refractivity contribution in [3.8, 4) is 0 Å². The number of hydrogen-bond acceptors (Lipinski definition) is 5. The summed E-state index contributed by atoms with van der Waals surface area (Å²) < 4.78 is 51.9. The van der Waals surface area contributed by atoms with Crippen LogP contribution < -0.4 is 4.90 Å². The minimum absolute atomic E-state index is 0.0261. The van der Waals surface area contributed by atoms with Crippen molar-refractivity contribution in [2.45, 2.75) is 63.0 Å². The summed E-state index contributed by atoms with van der Waals surface area (Å²) in [5.41, 5.74) is -0.622. The summed E-state index contributed by atoms with van der Waals surface area (Å²) >= 11 is 0. The molecule has 0 unspecified atom stereocenters. The van der Waals surface area contributed by atoms with Crippen LogP contribution in [0.15, 0.2) is 24.3 Å². The van der Waals surface area contributed by atoms with Gasteiger partial charge < -0.3 is 14.4 Å². The SMILES string of the molecule is C[C@H]1CC[C@@H]2[C@@H](CN3CCN(c4cccc(C(F)(F)F)c4)CC3)C(=O)O[C@@]23[C@H]1CC[C@]1(C)O[C@@H]31. The molecule has 0 radical (unpaired) electrons. The molecule has 2 aliphatic carbocycles. The monoisotopic (exact) mass is 478 g/mol. The van der Waals surface area contributed by atoms with E-state index < -0.39 is 17.3 Å². The Balaban J connectivity index is 1.14. The fourth-order valence-corrected chi connectivity index (χ4v) is 7.61. The van der Waals surface area contributed by atoms with Crippen molar-refractivity contribution < 1.29 is 27.4 Å². The molecule has 7 atom stereocenters. The summed E-state index contributed by atoms with van der Waals surface area (Å²) in [6, 6.07) is 5.55. The van der Waals surface area contributed by atoms with E-state index in [0.717, 1.165) is 44.8 Å². The van der Waals surface area contributed by atoms with Gasteiger partial charge in [-0.05, 0) is 56.7 Å². The highest BCUT2D eigenvalue weighted by Gasteiger charge is 2.77. The number of epoxide rings is 1. The molecule has 3 aliphatic heterocycles. The summed E-state index contributed by atoms with van der Waals surface area (Å²) in [4.78, 5) is 17.5. The van der Waals surface area contributed by atoms with Gasteiger partial charge in [-0.2, -0.15) is 13.2 Å². The minimum Gasteiger partial charge on any atom is -0.455 e. The Morgan fingerprint density at radius 2 is 1.85 bits per heavy atom. The van der Waals surface area contributed by atoms with Crippen LogP contribution >= 0.6 is 0 Å². The van der Waals surface area contributed by atoms with Crippen LogP contribution in [-0.4, -0.2) is 60.9 Å². The molecular weight excluding hydrogens is 445 g/mol. The number of esters is 1. The van der Waals surface area contributed by atoms with Crippen molar-refractivity contribution in [2.75, 3.05) is 37.6 Å². The molecule has 0 bridgehead atoms. The van der Waals surface area contributed by atoms with Gasteiger partial charge in [0.1, 0.15) is 11.7 Å². The van der Waals surface area contributed by atoms with Gasteiger partial charge in [0.2, 0.25) is 0 Å². The maximum Gasteiger partial charge on any atom is 0.416 e. The van der Waals surface area contributed by atoms with Crippen LogP contribution in [-0.2, 0) is 20.4 Å². The zero-order chi connectivity index (χ0) is 23.9. The lowest BCUT2D eigenvalue weighted by atomic mass is 9.55. The van der Waals surface area contributed by atoms with Crippen molar-refractivity contribution in [2.24, 2.45) is 23.7 Å². The van der Waals surface area contributed by atoms with Crippen molar-refractivity contribution in [3.05, 3.63) is 29.8 Å². The molecular formula is C26H33F3N2O3. The first-order valence-electron chi connectivity index (χ1n) is 12.7. The third kappa shape index (κ3) is 3.39. The Kier molecular flexibility index (Phi) is 5.06. The molecule has 34 heavy (non-hydrogen) atoms. The van der Waals surface area contributed by atoms with Gasteiger partial charge in [-0.1, -0.05) is 13.0 Å². The Morgan fingerprint density at radius 3 is 2.59 bits per heavy atom. The molecule has 0 aromatic heterocycles. The van der Waals surface area contributed by atoms with Gasteiger partial charge in [0.15, 0.2) is 0 Å². The Labute approximate surface area is 198 Å². The molecule has 0 amide bonds. The summed E-state index contributed by atoms with van der Waals surface area (Å²) in [6.45, 7) is 7.83. The van der Waals surface area contributed by atoms with Crippen LogP contribution in [0.5, 0.6) is 0 Å². The smallest absolute Gasteiger partial charge is 0.416 e. The summed E-state index contributed by atoms with van der Waals surface area (Å²) in [7, 11) is 0. The fourth-order valence-electron chi connectivity index (χ4n) is 7.61. The molecule has 8 heteroatoms. The highest BCUT2D eigenvalue weighted by molar-refractivity contribution is 5.77. The van der Waals surface area contributed by atoms with Gasteiger partial charge in [-0.15, -0.1) is 0 Å². The van der Waals surface area contributed by atoms with E-state index in [2.05, 4.69) is 18.7 Å². The second kappa shape index (κ2) is 7.60. The Bertz CT molecular complexity index is 978. The standard InChI is InChI=1S/C26H33F3N2O3/c1-16-6-7-21-19(22(32)33-25(21)20(16)8-9-24(2)23(25)34-24)15-30-10-12-31(13-11-30)18-5-3-4-17(14-18)26(27,28)29/h3-5,14,16,19-21,23H,6-13,15H2,1-2H3/t16-,19+,20-,21+,23+,24-,25-/m0/s1. The largest absolute Gasteiger partial charge is 0.455 e. The van der Waals surface area contributed by atoms with Crippen LogP contribution in [0.2, 0.25) is 0 Å². The minimum atomic E-state index is -4.34. The van der Waals surface area contributed by atoms with E-state index >= 15 is 0 Å². The molecule has 1 spiro atoms. The van der Waals surface area contributed by atoms with Crippen LogP contribution in [0.1, 0.15) is 45.1 Å². The van der Waals surface area contributed by atoms with Crippen LogP contribution in [0, 0.1) is 23.7 Å². The maximum atomic E-state index is 13.2. The third-order valence-electron chi connectivity index (χ3n) is 9.46. The normalized spacial score (nSPS) is 42.0. The van der Waals surface area contributed by atoms with Crippen LogP contribution in [0.25, 0.3) is 0 Å². The van der Waals surface area contributed by atoms with E-state index in [0.29, 0.717) is 37.2 Å². The maximum absolute atomic E-state index is 13.2. The van der Waals surface area contributed by atoms with Crippen molar-refractivity contribution in [1.82, 2.24) is 4.90 Å². The predicted molar refractivity (Wildman–Crippen MR) is 120 cm³/mol. The van der Waals surface area contributed by atoms with Gasteiger partial charge in [0, 0.05) is 50.2 Å². The van der Waals surface area contributed by atoms with E-state index in [4.69, 9.17) is 9.47 Å². The lowest BCUT2D eigenvalue weighted by molar-refractivity contribution is -0.168. The first kappa shape index (κ1) is 22.7. The van der Waals surface area contributed by atoms with E-state index in [1.807, 2.05) is 4.90 Å². The number of rotatable bonds is 3. The van der Waals surface area contributed by atoms with Crippen molar-refractivity contribution in [1.29, 1.82) is 0 Å². The van der Waals surface area contributed by atoms with E-state index in [1.165, 1.54) is 12.1 Å². The van der Waals surface area contributed by atoms with Crippen LogP contribution in [0.3, 0.4) is 0 Å². The number of carbonyl (C=O) groups is 1. The van der Waals surface area contributed by atoms with E-state index in [1.54, 1.807) is 6.07 Å². The summed E-state index contributed by atoms with van der Waals surface area (Å²) in [5.74, 6) is 0.867. The van der Waals surface area contributed by atoms with Crippen molar-refractivity contribution in [3.63, 3.8) is 0 Å². The van der Waals surface area contributed by atoms with Crippen LogP contribution in [0.4, 0.5) is 18.9 Å². The molecule has 6 rings (SSSR count). The molecule has 3 heterocycles. The number of halogens is 3. The molecule has 0 N–H and O–H groups in total. The van der Waals surface area contributed by atoms with E-state index in [9.17, 15) is 18.0 Å². The number of benzene rings is 1. The second-order valence-electron chi connectivity index (χ2n) is 11.3. The number of hydrogen-bond donors (Lipinski definition) is 0. The zero-order valence-electron chi connectivity index (χ0n) is 19.8. The quantitative estimate of drug-likeness (QED) is 0.478. The lowest BCUT2D eigenvalue weighted by Crippen LogP contribution is -2.58. The number of carbonyl (C=O) groups excluding carboxylic acids is 1.